The van der Waals surface area contributed by atoms with E-state index in [1.54, 1.807) is 32.4 Å². The van der Waals surface area contributed by atoms with Gasteiger partial charge >= 0.3 is 0 Å². The van der Waals surface area contributed by atoms with E-state index in [0.29, 0.717) is 45.9 Å². The molecule has 0 unspecified atom stereocenters. The molecule has 0 bridgehead atoms. The maximum Gasteiger partial charge on any atom is 0.166 e. The molecule has 0 radical (unpaired) electrons. The number of aliphatic hydroxyl groups excluding tert-OH is 1. The Labute approximate surface area is 225 Å². The molecule has 0 amide bonds. The number of unbranched alkanes of at least 4 members (excludes halogenated alkanes) is 1. The van der Waals surface area contributed by atoms with Gasteiger partial charge in [0.25, 0.3) is 0 Å². The average Bonchev–Trinajstić information content (AvgIpc) is 2.87. The topological polar surface area (TPSA) is 94.3 Å². The van der Waals surface area contributed by atoms with Gasteiger partial charge in [0.1, 0.15) is 23.9 Å². The minimum atomic E-state index is -0.00761. The number of nitrogens with zero attached hydrogens (tertiary/aromatic N) is 1. The van der Waals surface area contributed by atoms with Crippen LogP contribution in [0, 0.1) is 5.92 Å². The highest BCUT2D eigenvalue weighted by atomic mass is 35.5. The highest BCUT2D eigenvalue weighted by molar-refractivity contribution is 6.33. The van der Waals surface area contributed by atoms with E-state index < -0.39 is 0 Å². The van der Waals surface area contributed by atoms with Crippen molar-refractivity contribution in [3.63, 3.8) is 0 Å². The van der Waals surface area contributed by atoms with Crippen molar-refractivity contribution in [3.05, 3.63) is 46.5 Å². The zero-order chi connectivity index (χ0) is 25.2. The van der Waals surface area contributed by atoms with E-state index in [4.69, 9.17) is 36.7 Å². The quantitative estimate of drug-likeness (QED) is 0.200. The lowest BCUT2D eigenvalue weighted by Gasteiger charge is -2.31. The number of likely N-dealkylation sites (tertiary alicyclic amines) is 1. The highest BCUT2D eigenvalue weighted by Crippen LogP contribution is 2.32. The zero-order valence-electron chi connectivity index (χ0n) is 21.1. The van der Waals surface area contributed by atoms with Gasteiger partial charge in [0.05, 0.1) is 30.5 Å². The molecule has 2 aromatic carbocycles. The minimum absolute atomic E-state index is 0. The Morgan fingerprint density at radius 1 is 1.08 bits per heavy atom. The number of nitrogens with two attached hydrogens (primary N) is 1. The van der Waals surface area contributed by atoms with Gasteiger partial charge < -0.3 is 30.0 Å². The molecule has 0 aliphatic carbocycles. The van der Waals surface area contributed by atoms with Crippen LogP contribution in [0.4, 0.5) is 5.69 Å². The van der Waals surface area contributed by atoms with Gasteiger partial charge in [-0.3, -0.25) is 4.79 Å². The Balaban J connectivity index is 0.00000456. The maximum atomic E-state index is 13.1. The Morgan fingerprint density at radius 3 is 2.36 bits per heavy atom. The molecular weight excluding hydrogens is 503 g/mol. The lowest BCUT2D eigenvalue weighted by molar-refractivity contribution is 0.0972. The number of nitrogen functional groups attached to an aromatic ring is 1. The van der Waals surface area contributed by atoms with E-state index in [0.717, 1.165) is 57.3 Å². The summed E-state index contributed by atoms with van der Waals surface area (Å²) in [5, 5.41) is 9.45. The number of ether oxygens (including phenoxy) is 3. The van der Waals surface area contributed by atoms with E-state index in [-0.39, 0.29) is 31.4 Å². The first kappa shape index (κ1) is 30.0. The third kappa shape index (κ3) is 8.73. The summed E-state index contributed by atoms with van der Waals surface area (Å²) in [6.07, 6.45) is 5.36. The molecule has 1 aliphatic rings. The largest absolute Gasteiger partial charge is 0.497 e. The van der Waals surface area contributed by atoms with Gasteiger partial charge in [0.15, 0.2) is 5.78 Å². The predicted octanol–water partition coefficient (Wildman–Crippen LogP) is 5.39. The van der Waals surface area contributed by atoms with E-state index in [9.17, 15) is 4.79 Å². The van der Waals surface area contributed by atoms with Crippen LogP contribution in [0.15, 0.2) is 30.3 Å². The fourth-order valence-electron chi connectivity index (χ4n) is 4.45. The maximum absolute atomic E-state index is 13.1. The number of ketones is 1. The van der Waals surface area contributed by atoms with Crippen LogP contribution in [0.1, 0.15) is 54.4 Å². The van der Waals surface area contributed by atoms with Crippen LogP contribution in [0.2, 0.25) is 5.02 Å². The number of carbonyl (C=O) groups excluding carboxylic acids is 1. The summed E-state index contributed by atoms with van der Waals surface area (Å²) in [5.41, 5.74) is 7.66. The first-order valence-corrected chi connectivity index (χ1v) is 12.6. The number of rotatable bonds is 13. The van der Waals surface area contributed by atoms with Crippen LogP contribution < -0.4 is 19.9 Å². The zero-order valence-corrected chi connectivity index (χ0v) is 22.7. The number of benzene rings is 2. The number of methoxy groups -OCH3 is 2. The molecule has 36 heavy (non-hydrogen) atoms. The van der Waals surface area contributed by atoms with Crippen molar-refractivity contribution in [3.8, 4) is 17.2 Å². The summed E-state index contributed by atoms with van der Waals surface area (Å²) in [4.78, 5) is 15.5. The van der Waals surface area contributed by atoms with Crippen molar-refractivity contribution in [2.24, 2.45) is 5.92 Å². The SMILES string of the molecule is COc1cc(COc2cc(N)c(Cl)cc2C(=O)CCCCN2CCC(CCO)CC2)cc(OC)c1.Cl. The third-order valence-corrected chi connectivity index (χ3v) is 6.90. The lowest BCUT2D eigenvalue weighted by atomic mass is 9.94. The normalized spacial score (nSPS) is 14.2. The Bertz CT molecular complexity index is 959. The molecule has 0 saturated carbocycles. The van der Waals surface area contributed by atoms with Crippen molar-refractivity contribution in [2.45, 2.75) is 45.1 Å². The second-order valence-corrected chi connectivity index (χ2v) is 9.46. The number of Topliss-reactive ketones (excluding diaryl/α,β-unsaturated/α-hetero) is 1. The van der Waals surface area contributed by atoms with Crippen LogP contribution in [0.25, 0.3) is 0 Å². The number of anilines is 1. The van der Waals surface area contributed by atoms with Crippen LogP contribution in [0.3, 0.4) is 0 Å². The van der Waals surface area contributed by atoms with E-state index in [2.05, 4.69) is 4.90 Å². The van der Waals surface area contributed by atoms with Crippen molar-refractivity contribution in [1.82, 2.24) is 4.90 Å². The molecule has 0 aromatic heterocycles. The Kier molecular flexibility index (Phi) is 12.6. The van der Waals surface area contributed by atoms with Crippen LogP contribution in [-0.4, -0.2) is 56.3 Å². The lowest BCUT2D eigenvalue weighted by Crippen LogP contribution is -2.34. The minimum Gasteiger partial charge on any atom is -0.497 e. The molecule has 3 rings (SSSR count). The van der Waals surface area contributed by atoms with Crippen LogP contribution in [0.5, 0.6) is 17.2 Å². The van der Waals surface area contributed by atoms with E-state index in [1.807, 2.05) is 12.1 Å². The van der Waals surface area contributed by atoms with Gasteiger partial charge in [-0.1, -0.05) is 11.6 Å². The number of hydrogen-bond donors (Lipinski definition) is 2. The summed E-state index contributed by atoms with van der Waals surface area (Å²) >= 11 is 6.24. The molecule has 0 atom stereocenters. The molecule has 7 nitrogen and oxygen atoms in total. The molecule has 2 aromatic rings. The van der Waals surface area contributed by atoms with E-state index >= 15 is 0 Å². The first-order chi connectivity index (χ1) is 16.9. The fourth-order valence-corrected chi connectivity index (χ4v) is 4.62. The third-order valence-electron chi connectivity index (χ3n) is 6.58. The monoisotopic (exact) mass is 540 g/mol. The highest BCUT2D eigenvalue weighted by Gasteiger charge is 2.19. The molecule has 0 spiro atoms. The molecule has 200 valence electrons. The summed E-state index contributed by atoms with van der Waals surface area (Å²) in [7, 11) is 3.19. The fraction of sp³-hybridized carbons (Fsp3) is 0.519. The van der Waals surface area contributed by atoms with Crippen molar-refractivity contribution >= 4 is 35.5 Å². The standard InChI is InChI=1S/C27H37ClN2O5.ClH/c1-33-21-13-20(14-22(15-21)34-2)18-35-27-17-25(29)24(28)16-23(27)26(32)5-3-4-9-30-10-6-19(7-11-30)8-12-31;/h13-17,19,31H,3-12,18,29H2,1-2H3;1H. The van der Waals surface area contributed by atoms with Crippen molar-refractivity contribution in [2.75, 3.05) is 46.2 Å². The second-order valence-electron chi connectivity index (χ2n) is 9.06. The number of hydrogen-bond acceptors (Lipinski definition) is 7. The molecule has 1 aliphatic heterocycles. The molecule has 3 N–H and O–H groups in total. The van der Waals surface area contributed by atoms with Crippen molar-refractivity contribution in [1.29, 1.82) is 0 Å². The van der Waals surface area contributed by atoms with Gasteiger partial charge in [0, 0.05) is 25.2 Å². The summed E-state index contributed by atoms with van der Waals surface area (Å²) in [6.45, 7) is 3.63. The van der Waals surface area contributed by atoms with E-state index in [1.165, 1.54) is 0 Å². The van der Waals surface area contributed by atoms with Crippen LogP contribution in [-0.2, 0) is 6.61 Å². The summed E-state index contributed by atoms with van der Waals surface area (Å²) < 4.78 is 16.7. The Morgan fingerprint density at radius 2 is 1.75 bits per heavy atom. The number of halogens is 2. The smallest absolute Gasteiger partial charge is 0.166 e. The predicted molar refractivity (Wildman–Crippen MR) is 146 cm³/mol. The molecule has 9 heteroatoms. The number of carbonyl (C=O) groups is 1. The first-order valence-electron chi connectivity index (χ1n) is 12.2. The molecule has 1 heterocycles. The average molecular weight is 542 g/mol. The summed E-state index contributed by atoms with van der Waals surface area (Å²) in [5.74, 6) is 2.38. The van der Waals surface area contributed by atoms with Gasteiger partial charge in [-0.05, 0) is 81.4 Å². The van der Waals surface area contributed by atoms with Gasteiger partial charge in [-0.2, -0.15) is 0 Å². The summed E-state index contributed by atoms with van der Waals surface area (Å²) in [6, 6.07) is 8.72. The Hall–Kier alpha value is -2.19. The van der Waals surface area contributed by atoms with Crippen molar-refractivity contribution < 1.29 is 24.1 Å². The van der Waals surface area contributed by atoms with Gasteiger partial charge in [0.2, 0.25) is 0 Å². The molecular formula is C27H38Cl2N2O5. The second kappa shape index (κ2) is 15.2. The van der Waals surface area contributed by atoms with Crippen LogP contribution >= 0.6 is 24.0 Å². The number of piperidine rings is 1. The van der Waals surface area contributed by atoms with Gasteiger partial charge in [-0.15, -0.1) is 12.4 Å². The molecule has 1 fully saturated rings. The number of aliphatic hydroxyl groups is 1. The van der Waals surface area contributed by atoms with Gasteiger partial charge in [-0.25, -0.2) is 0 Å². The molecule has 1 saturated heterocycles.